The summed E-state index contributed by atoms with van der Waals surface area (Å²) in [7, 11) is 0. The molecule has 2 fully saturated rings. The average molecular weight is 349 g/mol. The molecule has 1 N–H and O–H groups in total. The molecule has 128 valence electrons. The summed E-state index contributed by atoms with van der Waals surface area (Å²) in [6, 6.07) is 5.30. The molecule has 0 unspecified atom stereocenters. The molecule has 6 heteroatoms. The van der Waals surface area contributed by atoms with Gasteiger partial charge in [-0.05, 0) is 37.5 Å². The third kappa shape index (κ3) is 3.31. The third-order valence-corrected chi connectivity index (χ3v) is 5.36. The zero-order valence-corrected chi connectivity index (χ0v) is 14.4. The smallest absolute Gasteiger partial charge is 0.233 e. The van der Waals surface area contributed by atoms with Crippen molar-refractivity contribution in [1.29, 1.82) is 0 Å². The Morgan fingerprint density at radius 1 is 1.21 bits per heavy atom. The van der Waals surface area contributed by atoms with Crippen LogP contribution in [0.3, 0.4) is 0 Å². The number of anilines is 1. The largest absolute Gasteiger partial charge is 0.326 e. The van der Waals surface area contributed by atoms with Crippen molar-refractivity contribution in [2.75, 3.05) is 11.9 Å². The van der Waals surface area contributed by atoms with Crippen LogP contribution < -0.4 is 5.32 Å². The molecule has 1 saturated heterocycles. The first-order valence-corrected chi connectivity index (χ1v) is 8.76. The van der Waals surface area contributed by atoms with Crippen molar-refractivity contribution >= 4 is 35.0 Å². The number of halogens is 1. The molecule has 5 nitrogen and oxygen atoms in total. The summed E-state index contributed by atoms with van der Waals surface area (Å²) >= 11 is 6.04. The van der Waals surface area contributed by atoms with Gasteiger partial charge in [0.1, 0.15) is 0 Å². The second kappa shape index (κ2) is 6.93. The van der Waals surface area contributed by atoms with Crippen LogP contribution in [0.1, 0.15) is 37.7 Å². The van der Waals surface area contributed by atoms with E-state index in [-0.39, 0.29) is 42.5 Å². The van der Waals surface area contributed by atoms with E-state index in [0.29, 0.717) is 10.7 Å². The SMILES string of the molecule is Cc1ccc(NC(=O)CCN2C(=O)[C@H]3CCCC[C@@H]3C2=O)cc1Cl. The Labute approximate surface area is 146 Å². The number of amides is 3. The fraction of sp³-hybridized carbons (Fsp3) is 0.500. The fourth-order valence-electron chi connectivity index (χ4n) is 3.56. The predicted octanol–water partition coefficient (Wildman–Crippen LogP) is 3.15. The minimum absolute atomic E-state index is 0.0996. The zero-order chi connectivity index (χ0) is 17.3. The molecule has 0 radical (unpaired) electrons. The number of likely N-dealkylation sites (tertiary alicyclic amines) is 1. The normalized spacial score (nSPS) is 23.3. The molecule has 2 atom stereocenters. The minimum Gasteiger partial charge on any atom is -0.326 e. The maximum atomic E-state index is 12.4. The van der Waals surface area contributed by atoms with Gasteiger partial charge in [-0.1, -0.05) is 30.5 Å². The fourth-order valence-corrected chi connectivity index (χ4v) is 3.74. The summed E-state index contributed by atoms with van der Waals surface area (Å²) in [5, 5.41) is 3.34. The number of fused-ring (bicyclic) bond motifs is 1. The predicted molar refractivity (Wildman–Crippen MR) is 91.6 cm³/mol. The van der Waals surface area contributed by atoms with Crippen LogP contribution >= 0.6 is 11.6 Å². The number of hydrogen-bond donors (Lipinski definition) is 1. The minimum atomic E-state index is -0.231. The van der Waals surface area contributed by atoms with Crippen LogP contribution in [-0.2, 0) is 14.4 Å². The van der Waals surface area contributed by atoms with Gasteiger partial charge in [0.2, 0.25) is 17.7 Å². The van der Waals surface area contributed by atoms with Gasteiger partial charge in [0.25, 0.3) is 0 Å². The molecule has 1 saturated carbocycles. The topological polar surface area (TPSA) is 66.5 Å². The molecule has 2 aliphatic rings. The third-order valence-electron chi connectivity index (χ3n) is 4.95. The molecular formula is C18H21ClN2O3. The van der Waals surface area contributed by atoms with E-state index in [1.54, 1.807) is 12.1 Å². The van der Waals surface area contributed by atoms with Gasteiger partial charge in [0.15, 0.2) is 0 Å². The molecule has 1 aromatic rings. The van der Waals surface area contributed by atoms with Gasteiger partial charge in [-0.2, -0.15) is 0 Å². The lowest BCUT2D eigenvalue weighted by molar-refractivity contribution is -0.140. The highest BCUT2D eigenvalue weighted by Gasteiger charge is 2.47. The van der Waals surface area contributed by atoms with E-state index in [1.807, 2.05) is 13.0 Å². The highest BCUT2D eigenvalue weighted by molar-refractivity contribution is 6.31. The van der Waals surface area contributed by atoms with Crippen LogP contribution in [0, 0.1) is 18.8 Å². The Morgan fingerprint density at radius 3 is 2.42 bits per heavy atom. The maximum Gasteiger partial charge on any atom is 0.233 e. The molecule has 1 aromatic carbocycles. The van der Waals surface area contributed by atoms with E-state index in [4.69, 9.17) is 11.6 Å². The van der Waals surface area contributed by atoms with E-state index in [2.05, 4.69) is 5.32 Å². The van der Waals surface area contributed by atoms with Gasteiger partial charge in [-0.15, -0.1) is 0 Å². The Kier molecular flexibility index (Phi) is 4.90. The lowest BCUT2D eigenvalue weighted by Gasteiger charge is -2.19. The number of rotatable bonds is 4. The van der Waals surface area contributed by atoms with Crippen LogP contribution in [0.4, 0.5) is 5.69 Å². The van der Waals surface area contributed by atoms with Gasteiger partial charge in [-0.3, -0.25) is 19.3 Å². The lowest BCUT2D eigenvalue weighted by Crippen LogP contribution is -2.34. The van der Waals surface area contributed by atoms with Crippen LogP contribution in [-0.4, -0.2) is 29.2 Å². The van der Waals surface area contributed by atoms with E-state index in [9.17, 15) is 14.4 Å². The van der Waals surface area contributed by atoms with Gasteiger partial charge >= 0.3 is 0 Å². The standard InChI is InChI=1S/C18H21ClN2O3/c1-11-6-7-12(10-15(11)19)20-16(22)8-9-21-17(23)13-4-2-3-5-14(13)18(21)24/h6-7,10,13-14H,2-5,8-9H2,1H3,(H,20,22)/t13-,14-/m0/s1. The number of carbonyl (C=O) groups excluding carboxylic acids is 3. The zero-order valence-electron chi connectivity index (χ0n) is 13.7. The van der Waals surface area contributed by atoms with Crippen LogP contribution in [0.15, 0.2) is 18.2 Å². The van der Waals surface area contributed by atoms with Crippen LogP contribution in [0.2, 0.25) is 5.02 Å². The molecule has 24 heavy (non-hydrogen) atoms. The lowest BCUT2D eigenvalue weighted by atomic mass is 9.81. The van der Waals surface area contributed by atoms with E-state index in [0.717, 1.165) is 31.2 Å². The molecule has 0 bridgehead atoms. The van der Waals surface area contributed by atoms with Crippen LogP contribution in [0.5, 0.6) is 0 Å². The summed E-state index contributed by atoms with van der Waals surface area (Å²) in [5.74, 6) is -0.757. The highest BCUT2D eigenvalue weighted by Crippen LogP contribution is 2.37. The molecule has 0 spiro atoms. The van der Waals surface area contributed by atoms with E-state index in [1.165, 1.54) is 4.90 Å². The molecule has 0 aromatic heterocycles. The number of hydrogen-bond acceptors (Lipinski definition) is 3. The summed E-state index contributed by atoms with van der Waals surface area (Å²) in [4.78, 5) is 38.1. The second-order valence-electron chi connectivity index (χ2n) is 6.59. The van der Waals surface area contributed by atoms with Crippen molar-refractivity contribution in [1.82, 2.24) is 4.90 Å². The van der Waals surface area contributed by atoms with Crippen molar-refractivity contribution in [3.63, 3.8) is 0 Å². The number of aryl methyl sites for hydroxylation is 1. The number of nitrogens with zero attached hydrogens (tertiary/aromatic N) is 1. The molecule has 1 heterocycles. The van der Waals surface area contributed by atoms with Crippen molar-refractivity contribution < 1.29 is 14.4 Å². The summed E-state index contributed by atoms with van der Waals surface area (Å²) in [6.07, 6.45) is 3.69. The first kappa shape index (κ1) is 17.0. The van der Waals surface area contributed by atoms with E-state index < -0.39 is 0 Å². The molecule has 3 rings (SSSR count). The molecular weight excluding hydrogens is 328 g/mol. The molecule has 1 aliphatic heterocycles. The summed E-state index contributed by atoms with van der Waals surface area (Å²) < 4.78 is 0. The van der Waals surface area contributed by atoms with Crippen molar-refractivity contribution in [2.24, 2.45) is 11.8 Å². The van der Waals surface area contributed by atoms with Crippen molar-refractivity contribution in [3.05, 3.63) is 28.8 Å². The second-order valence-corrected chi connectivity index (χ2v) is 6.99. The summed E-state index contributed by atoms with van der Waals surface area (Å²) in [5.41, 5.74) is 1.55. The number of imide groups is 1. The van der Waals surface area contributed by atoms with Crippen LogP contribution in [0.25, 0.3) is 0 Å². The maximum absolute atomic E-state index is 12.4. The molecule has 1 aliphatic carbocycles. The van der Waals surface area contributed by atoms with Crippen molar-refractivity contribution in [2.45, 2.75) is 39.0 Å². The van der Waals surface area contributed by atoms with Gasteiger partial charge < -0.3 is 5.32 Å². The van der Waals surface area contributed by atoms with Gasteiger partial charge in [-0.25, -0.2) is 0 Å². The summed E-state index contributed by atoms with van der Waals surface area (Å²) in [6.45, 7) is 2.04. The van der Waals surface area contributed by atoms with Crippen molar-refractivity contribution in [3.8, 4) is 0 Å². The van der Waals surface area contributed by atoms with E-state index >= 15 is 0 Å². The molecule has 3 amide bonds. The average Bonchev–Trinajstić information content (AvgIpc) is 2.81. The highest BCUT2D eigenvalue weighted by atomic mass is 35.5. The van der Waals surface area contributed by atoms with Gasteiger partial charge in [0, 0.05) is 23.7 Å². The first-order chi connectivity index (χ1) is 11.5. The Bertz CT molecular complexity index is 665. The van der Waals surface area contributed by atoms with Gasteiger partial charge in [0.05, 0.1) is 11.8 Å². The Balaban J connectivity index is 1.57. The monoisotopic (exact) mass is 348 g/mol. The number of carbonyl (C=O) groups is 3. The Morgan fingerprint density at radius 2 is 1.83 bits per heavy atom. The first-order valence-electron chi connectivity index (χ1n) is 8.38. The number of benzene rings is 1. The number of nitrogens with one attached hydrogen (secondary N) is 1. The quantitative estimate of drug-likeness (QED) is 0.850. The Hall–Kier alpha value is -1.88.